The van der Waals surface area contributed by atoms with Crippen molar-refractivity contribution in [2.75, 3.05) is 26.2 Å². The highest BCUT2D eigenvalue weighted by atomic mass is 15.0. The van der Waals surface area contributed by atoms with E-state index in [-0.39, 0.29) is 6.04 Å². The minimum absolute atomic E-state index is 0.174. The normalized spacial score (nSPS) is 12.2. The van der Waals surface area contributed by atoms with E-state index in [1.165, 1.54) is 0 Å². The summed E-state index contributed by atoms with van der Waals surface area (Å²) < 4.78 is 0. The van der Waals surface area contributed by atoms with E-state index >= 15 is 0 Å². The van der Waals surface area contributed by atoms with E-state index in [0.717, 1.165) is 50.4 Å². The van der Waals surface area contributed by atoms with Gasteiger partial charge in [-0.25, -0.2) is 0 Å². The van der Waals surface area contributed by atoms with Gasteiger partial charge in [-0.05, 0) is 43.8 Å². The van der Waals surface area contributed by atoms with Crippen molar-refractivity contribution in [1.29, 1.82) is 0 Å². The van der Waals surface area contributed by atoms with Gasteiger partial charge in [-0.3, -0.25) is 9.97 Å². The SMILES string of the molecule is NCCCNCCNC(Cc1ccccn1)c1ccccn1. The number of nitrogens with zero attached hydrogens (tertiary/aromatic N) is 2. The van der Waals surface area contributed by atoms with Gasteiger partial charge in [0.05, 0.1) is 11.7 Å². The largest absolute Gasteiger partial charge is 0.330 e. The third-order valence-electron chi connectivity index (χ3n) is 3.43. The summed E-state index contributed by atoms with van der Waals surface area (Å²) in [7, 11) is 0. The number of hydrogen-bond acceptors (Lipinski definition) is 5. The minimum Gasteiger partial charge on any atom is -0.330 e. The predicted molar refractivity (Wildman–Crippen MR) is 89.5 cm³/mol. The van der Waals surface area contributed by atoms with Crippen LogP contribution in [0, 0.1) is 0 Å². The fraction of sp³-hybridized carbons (Fsp3) is 0.412. The summed E-state index contributed by atoms with van der Waals surface area (Å²) in [6.45, 7) is 3.51. The summed E-state index contributed by atoms with van der Waals surface area (Å²) in [5.41, 5.74) is 7.60. The number of aromatic nitrogens is 2. The average molecular weight is 299 g/mol. The van der Waals surface area contributed by atoms with Crippen LogP contribution in [0.1, 0.15) is 23.9 Å². The van der Waals surface area contributed by atoms with Crippen molar-refractivity contribution in [1.82, 2.24) is 20.6 Å². The molecule has 0 amide bonds. The van der Waals surface area contributed by atoms with Crippen LogP contribution in [0.4, 0.5) is 0 Å². The van der Waals surface area contributed by atoms with E-state index in [0.29, 0.717) is 0 Å². The molecule has 0 aliphatic rings. The molecule has 0 bridgehead atoms. The smallest absolute Gasteiger partial charge is 0.0577 e. The van der Waals surface area contributed by atoms with Crippen molar-refractivity contribution in [2.24, 2.45) is 5.73 Å². The molecule has 22 heavy (non-hydrogen) atoms. The number of nitrogens with one attached hydrogen (secondary N) is 2. The molecule has 0 saturated heterocycles. The molecule has 0 aromatic carbocycles. The van der Waals surface area contributed by atoms with Crippen molar-refractivity contribution in [2.45, 2.75) is 18.9 Å². The lowest BCUT2D eigenvalue weighted by molar-refractivity contribution is 0.499. The fourth-order valence-electron chi connectivity index (χ4n) is 2.28. The first-order chi connectivity index (χ1) is 10.9. The van der Waals surface area contributed by atoms with Crippen molar-refractivity contribution in [3.8, 4) is 0 Å². The Balaban J connectivity index is 1.88. The van der Waals surface area contributed by atoms with Crippen LogP contribution >= 0.6 is 0 Å². The second-order valence-corrected chi connectivity index (χ2v) is 5.18. The zero-order chi connectivity index (χ0) is 15.5. The standard InChI is InChI=1S/C17H25N5/c18-8-5-9-19-12-13-22-17(16-7-2-4-11-21-16)14-15-6-1-3-10-20-15/h1-4,6-7,10-11,17,19,22H,5,8-9,12-14,18H2. The second kappa shape index (κ2) is 10.00. The third kappa shape index (κ3) is 5.89. The molecule has 0 fully saturated rings. The topological polar surface area (TPSA) is 75.9 Å². The lowest BCUT2D eigenvalue weighted by atomic mass is 10.1. The molecule has 0 aliphatic heterocycles. The Morgan fingerprint density at radius 2 is 1.77 bits per heavy atom. The van der Waals surface area contributed by atoms with E-state index in [1.807, 2.05) is 36.7 Å². The van der Waals surface area contributed by atoms with Gasteiger partial charge in [0, 0.05) is 37.6 Å². The second-order valence-electron chi connectivity index (χ2n) is 5.18. The molecule has 0 spiro atoms. The Morgan fingerprint density at radius 3 is 2.45 bits per heavy atom. The van der Waals surface area contributed by atoms with E-state index < -0.39 is 0 Å². The molecule has 2 aromatic heterocycles. The molecule has 0 radical (unpaired) electrons. The lowest BCUT2D eigenvalue weighted by Crippen LogP contribution is -2.32. The highest BCUT2D eigenvalue weighted by Gasteiger charge is 2.13. The van der Waals surface area contributed by atoms with Crippen molar-refractivity contribution in [3.63, 3.8) is 0 Å². The third-order valence-corrected chi connectivity index (χ3v) is 3.43. The van der Waals surface area contributed by atoms with Gasteiger partial charge < -0.3 is 16.4 Å². The maximum Gasteiger partial charge on any atom is 0.0577 e. The van der Waals surface area contributed by atoms with Crippen molar-refractivity contribution >= 4 is 0 Å². The molecule has 0 aliphatic carbocycles. The van der Waals surface area contributed by atoms with E-state index in [9.17, 15) is 0 Å². The maximum absolute atomic E-state index is 5.48. The van der Waals surface area contributed by atoms with E-state index in [2.05, 4.69) is 32.7 Å². The zero-order valence-electron chi connectivity index (χ0n) is 12.9. The Bertz CT molecular complexity index is 503. The quantitative estimate of drug-likeness (QED) is 0.576. The average Bonchev–Trinajstić information content (AvgIpc) is 2.58. The van der Waals surface area contributed by atoms with Gasteiger partial charge in [0.2, 0.25) is 0 Å². The van der Waals surface area contributed by atoms with Gasteiger partial charge in [-0.15, -0.1) is 0 Å². The fourth-order valence-corrected chi connectivity index (χ4v) is 2.28. The summed E-state index contributed by atoms with van der Waals surface area (Å²) in [4.78, 5) is 8.89. The summed E-state index contributed by atoms with van der Waals surface area (Å²) in [6, 6.07) is 12.2. The number of hydrogen-bond donors (Lipinski definition) is 3. The molecule has 5 heteroatoms. The molecule has 2 rings (SSSR count). The molecule has 5 nitrogen and oxygen atoms in total. The highest BCUT2D eigenvalue weighted by Crippen LogP contribution is 2.14. The van der Waals surface area contributed by atoms with Crippen LogP contribution in [0.5, 0.6) is 0 Å². The first kappa shape index (κ1) is 16.5. The Morgan fingerprint density at radius 1 is 0.955 bits per heavy atom. The molecule has 0 saturated carbocycles. The summed E-state index contributed by atoms with van der Waals surface area (Å²) in [5, 5.41) is 6.94. The minimum atomic E-state index is 0.174. The first-order valence-electron chi connectivity index (χ1n) is 7.85. The summed E-state index contributed by atoms with van der Waals surface area (Å²) in [6.07, 6.45) is 5.51. The molecular formula is C17H25N5. The molecule has 118 valence electrons. The maximum atomic E-state index is 5.48. The van der Waals surface area contributed by atoms with Gasteiger partial charge >= 0.3 is 0 Å². The van der Waals surface area contributed by atoms with Crippen LogP contribution in [0.25, 0.3) is 0 Å². The van der Waals surface area contributed by atoms with Crippen LogP contribution in [0.3, 0.4) is 0 Å². The van der Waals surface area contributed by atoms with Crippen LogP contribution in [-0.4, -0.2) is 36.1 Å². The molecule has 1 atom stereocenters. The van der Waals surface area contributed by atoms with Gasteiger partial charge in [-0.1, -0.05) is 12.1 Å². The predicted octanol–water partition coefficient (Wildman–Crippen LogP) is 1.29. The molecule has 4 N–H and O–H groups in total. The van der Waals surface area contributed by atoms with Gasteiger partial charge in [0.15, 0.2) is 0 Å². The van der Waals surface area contributed by atoms with Gasteiger partial charge in [-0.2, -0.15) is 0 Å². The Labute approximate surface area is 132 Å². The first-order valence-corrected chi connectivity index (χ1v) is 7.85. The molecule has 2 heterocycles. The van der Waals surface area contributed by atoms with Gasteiger partial charge in [0.1, 0.15) is 0 Å². The number of nitrogens with two attached hydrogens (primary N) is 1. The summed E-state index contributed by atoms with van der Waals surface area (Å²) >= 11 is 0. The monoisotopic (exact) mass is 299 g/mol. The van der Waals surface area contributed by atoms with Crippen LogP contribution < -0.4 is 16.4 Å². The van der Waals surface area contributed by atoms with Gasteiger partial charge in [0.25, 0.3) is 0 Å². The number of pyridine rings is 2. The molecular weight excluding hydrogens is 274 g/mol. The highest BCUT2D eigenvalue weighted by molar-refractivity contribution is 5.13. The molecule has 2 aromatic rings. The van der Waals surface area contributed by atoms with Crippen molar-refractivity contribution < 1.29 is 0 Å². The summed E-state index contributed by atoms with van der Waals surface area (Å²) in [5.74, 6) is 0. The van der Waals surface area contributed by atoms with E-state index in [4.69, 9.17) is 5.73 Å². The Hall–Kier alpha value is -1.82. The molecule has 1 unspecified atom stereocenters. The Kier molecular flexibility index (Phi) is 7.52. The lowest BCUT2D eigenvalue weighted by Gasteiger charge is -2.18. The van der Waals surface area contributed by atoms with Crippen LogP contribution in [-0.2, 0) is 6.42 Å². The van der Waals surface area contributed by atoms with Crippen molar-refractivity contribution in [3.05, 3.63) is 60.2 Å². The van der Waals surface area contributed by atoms with E-state index in [1.54, 1.807) is 0 Å². The number of rotatable bonds is 10. The zero-order valence-corrected chi connectivity index (χ0v) is 12.9. The van der Waals surface area contributed by atoms with Crippen LogP contribution in [0.15, 0.2) is 48.8 Å². The van der Waals surface area contributed by atoms with Crippen LogP contribution in [0.2, 0.25) is 0 Å².